The van der Waals surface area contributed by atoms with E-state index in [1.165, 1.54) is 7.11 Å². The van der Waals surface area contributed by atoms with Crippen LogP contribution in [0.4, 0.5) is 0 Å². The molecule has 0 radical (unpaired) electrons. The number of esters is 1. The molecule has 0 bridgehead atoms. The van der Waals surface area contributed by atoms with Crippen LogP contribution in [0.15, 0.2) is 18.3 Å². The zero-order valence-electron chi connectivity index (χ0n) is 8.40. The van der Waals surface area contributed by atoms with Crippen molar-refractivity contribution in [3.63, 3.8) is 0 Å². The molecule has 0 aliphatic heterocycles. The van der Waals surface area contributed by atoms with E-state index in [9.17, 15) is 4.79 Å². The molecule has 15 heavy (non-hydrogen) atoms. The van der Waals surface area contributed by atoms with Gasteiger partial charge in [-0.05, 0) is 12.1 Å². The zero-order chi connectivity index (χ0) is 10.8. The lowest BCUT2D eigenvalue weighted by atomic mass is 10.3. The third-order valence-electron chi connectivity index (χ3n) is 2.09. The van der Waals surface area contributed by atoms with Crippen LogP contribution < -0.4 is 4.74 Å². The molecule has 0 unspecified atom stereocenters. The Bertz CT molecular complexity index is 504. The normalized spacial score (nSPS) is 10.3. The summed E-state index contributed by atoms with van der Waals surface area (Å²) in [5, 5.41) is 0.815. The van der Waals surface area contributed by atoms with E-state index in [2.05, 4.69) is 14.7 Å². The fourth-order valence-corrected chi connectivity index (χ4v) is 1.33. The first-order valence-electron chi connectivity index (χ1n) is 4.35. The first-order valence-corrected chi connectivity index (χ1v) is 4.35. The highest BCUT2D eigenvalue weighted by Crippen LogP contribution is 2.19. The van der Waals surface area contributed by atoms with Gasteiger partial charge in [-0.1, -0.05) is 0 Å². The van der Waals surface area contributed by atoms with Gasteiger partial charge in [0.05, 0.1) is 20.4 Å². The van der Waals surface area contributed by atoms with E-state index in [1.54, 1.807) is 25.4 Å². The number of H-pyrrole nitrogens is 1. The van der Waals surface area contributed by atoms with Gasteiger partial charge in [0.25, 0.3) is 0 Å². The van der Waals surface area contributed by atoms with Gasteiger partial charge in [-0.25, -0.2) is 9.78 Å². The molecule has 0 aliphatic carbocycles. The Morgan fingerprint density at radius 3 is 2.87 bits per heavy atom. The van der Waals surface area contributed by atoms with Gasteiger partial charge in [0.1, 0.15) is 17.1 Å². The Labute approximate surface area is 86.0 Å². The van der Waals surface area contributed by atoms with Gasteiger partial charge in [-0.3, -0.25) is 0 Å². The molecule has 78 valence electrons. The number of fused-ring (bicyclic) bond motifs is 1. The van der Waals surface area contributed by atoms with E-state index in [-0.39, 0.29) is 0 Å². The zero-order valence-corrected chi connectivity index (χ0v) is 8.40. The molecule has 2 aromatic rings. The molecule has 0 atom stereocenters. The van der Waals surface area contributed by atoms with E-state index in [0.717, 1.165) is 5.39 Å². The standard InChI is InChI=1S/C10H10N2O3/c1-14-7-3-6-4-8(10(13)15-2)12-9(6)11-5-7/h3-5H,1-2H3,(H,11,12). The maximum absolute atomic E-state index is 11.2. The molecule has 0 amide bonds. The van der Waals surface area contributed by atoms with Gasteiger partial charge < -0.3 is 14.5 Å². The largest absolute Gasteiger partial charge is 0.495 e. The average molecular weight is 206 g/mol. The van der Waals surface area contributed by atoms with Gasteiger partial charge in [-0.15, -0.1) is 0 Å². The summed E-state index contributed by atoms with van der Waals surface area (Å²) in [6, 6.07) is 3.47. The van der Waals surface area contributed by atoms with Crippen molar-refractivity contribution in [1.82, 2.24) is 9.97 Å². The number of aromatic nitrogens is 2. The van der Waals surface area contributed by atoms with E-state index in [1.807, 2.05) is 0 Å². The van der Waals surface area contributed by atoms with Crippen LogP contribution in [0.1, 0.15) is 10.5 Å². The van der Waals surface area contributed by atoms with Crippen molar-refractivity contribution >= 4 is 17.0 Å². The summed E-state index contributed by atoms with van der Waals surface area (Å²) in [7, 11) is 2.90. The van der Waals surface area contributed by atoms with Gasteiger partial charge in [0.15, 0.2) is 0 Å². The minimum atomic E-state index is -0.410. The van der Waals surface area contributed by atoms with Crippen molar-refractivity contribution in [2.24, 2.45) is 0 Å². The van der Waals surface area contributed by atoms with Crippen molar-refractivity contribution in [2.45, 2.75) is 0 Å². The third kappa shape index (κ3) is 1.63. The number of methoxy groups -OCH3 is 2. The highest BCUT2D eigenvalue weighted by Gasteiger charge is 2.10. The number of nitrogens with zero attached hydrogens (tertiary/aromatic N) is 1. The number of carbonyl (C=O) groups excluding carboxylic acids is 1. The molecule has 0 aromatic carbocycles. The molecule has 0 saturated heterocycles. The number of rotatable bonds is 2. The molecular formula is C10H10N2O3. The third-order valence-corrected chi connectivity index (χ3v) is 2.09. The average Bonchev–Trinajstić information content (AvgIpc) is 2.70. The summed E-state index contributed by atoms with van der Waals surface area (Å²) >= 11 is 0. The number of carbonyl (C=O) groups is 1. The summed E-state index contributed by atoms with van der Waals surface area (Å²) in [4.78, 5) is 18.2. The van der Waals surface area contributed by atoms with Crippen LogP contribution >= 0.6 is 0 Å². The van der Waals surface area contributed by atoms with Crippen LogP contribution in [0.2, 0.25) is 0 Å². The van der Waals surface area contributed by atoms with E-state index >= 15 is 0 Å². The second-order valence-electron chi connectivity index (χ2n) is 2.99. The predicted molar refractivity (Wildman–Crippen MR) is 54.0 cm³/mol. The fourth-order valence-electron chi connectivity index (χ4n) is 1.33. The van der Waals surface area contributed by atoms with Crippen molar-refractivity contribution in [3.8, 4) is 5.75 Å². The first kappa shape index (κ1) is 9.51. The van der Waals surface area contributed by atoms with Gasteiger partial charge >= 0.3 is 5.97 Å². The molecule has 0 aliphatic rings. The smallest absolute Gasteiger partial charge is 0.354 e. The summed E-state index contributed by atoms with van der Waals surface area (Å²) in [5.41, 5.74) is 1.02. The molecule has 1 N–H and O–H groups in total. The number of nitrogens with one attached hydrogen (secondary N) is 1. The van der Waals surface area contributed by atoms with Gasteiger partial charge in [-0.2, -0.15) is 0 Å². The van der Waals surface area contributed by atoms with Crippen LogP contribution in [0.25, 0.3) is 11.0 Å². The molecule has 2 rings (SSSR count). The molecule has 2 heterocycles. The van der Waals surface area contributed by atoms with E-state index < -0.39 is 5.97 Å². The maximum Gasteiger partial charge on any atom is 0.354 e. The summed E-state index contributed by atoms with van der Waals surface area (Å²) in [6.07, 6.45) is 1.58. The summed E-state index contributed by atoms with van der Waals surface area (Å²) < 4.78 is 9.62. The SMILES string of the molecule is COC(=O)c1cc2cc(OC)cnc2[nH]1. The lowest BCUT2D eigenvalue weighted by molar-refractivity contribution is 0.0595. The molecular weight excluding hydrogens is 196 g/mol. The highest BCUT2D eigenvalue weighted by atomic mass is 16.5. The Morgan fingerprint density at radius 2 is 2.20 bits per heavy atom. The van der Waals surface area contributed by atoms with E-state index in [0.29, 0.717) is 17.1 Å². The van der Waals surface area contributed by atoms with Crippen molar-refractivity contribution in [1.29, 1.82) is 0 Å². The van der Waals surface area contributed by atoms with Crippen LogP contribution in [-0.2, 0) is 4.74 Å². The molecule has 2 aromatic heterocycles. The molecule has 0 spiro atoms. The summed E-state index contributed by atoms with van der Waals surface area (Å²) in [6.45, 7) is 0. The Kier molecular flexibility index (Phi) is 2.29. The van der Waals surface area contributed by atoms with Crippen LogP contribution in [0.5, 0.6) is 5.75 Å². The van der Waals surface area contributed by atoms with Crippen molar-refractivity contribution in [3.05, 3.63) is 24.0 Å². The minimum Gasteiger partial charge on any atom is -0.495 e. The number of hydrogen-bond acceptors (Lipinski definition) is 4. The molecule has 0 fully saturated rings. The Balaban J connectivity index is 2.51. The lowest BCUT2D eigenvalue weighted by Crippen LogP contribution is -2.00. The summed E-state index contributed by atoms with van der Waals surface area (Å²) in [5.74, 6) is 0.241. The lowest BCUT2D eigenvalue weighted by Gasteiger charge is -1.96. The van der Waals surface area contributed by atoms with E-state index in [4.69, 9.17) is 4.74 Å². The number of pyridine rings is 1. The van der Waals surface area contributed by atoms with Crippen LogP contribution in [0.3, 0.4) is 0 Å². The fraction of sp³-hybridized carbons (Fsp3) is 0.200. The van der Waals surface area contributed by atoms with Crippen LogP contribution in [0, 0.1) is 0 Å². The highest BCUT2D eigenvalue weighted by molar-refractivity contribution is 5.93. The maximum atomic E-state index is 11.2. The topological polar surface area (TPSA) is 64.2 Å². The monoisotopic (exact) mass is 206 g/mol. The number of hydrogen-bond donors (Lipinski definition) is 1. The molecule has 5 heteroatoms. The quantitative estimate of drug-likeness (QED) is 0.753. The Morgan fingerprint density at radius 1 is 1.40 bits per heavy atom. The van der Waals surface area contributed by atoms with Crippen molar-refractivity contribution < 1.29 is 14.3 Å². The van der Waals surface area contributed by atoms with Gasteiger partial charge in [0, 0.05) is 5.39 Å². The second kappa shape index (κ2) is 3.61. The number of aromatic amines is 1. The molecule has 0 saturated carbocycles. The first-order chi connectivity index (χ1) is 7.24. The molecule has 5 nitrogen and oxygen atoms in total. The minimum absolute atomic E-state index is 0.383. The van der Waals surface area contributed by atoms with Crippen molar-refractivity contribution in [2.75, 3.05) is 14.2 Å². The Hall–Kier alpha value is -2.04. The van der Waals surface area contributed by atoms with Crippen LogP contribution in [-0.4, -0.2) is 30.2 Å². The predicted octanol–water partition coefficient (Wildman–Crippen LogP) is 1.36. The number of ether oxygens (including phenoxy) is 2. The van der Waals surface area contributed by atoms with Gasteiger partial charge in [0.2, 0.25) is 0 Å². The second-order valence-corrected chi connectivity index (χ2v) is 2.99.